The van der Waals surface area contributed by atoms with E-state index in [2.05, 4.69) is 20.7 Å². The molecule has 0 aliphatic heterocycles. The summed E-state index contributed by atoms with van der Waals surface area (Å²) in [6.45, 7) is 0.0841. The van der Waals surface area contributed by atoms with Crippen molar-refractivity contribution in [2.45, 2.75) is 11.4 Å². The van der Waals surface area contributed by atoms with Gasteiger partial charge in [-0.2, -0.15) is 0 Å². The number of benzene rings is 1. The molecule has 2 rings (SSSR count). The summed E-state index contributed by atoms with van der Waals surface area (Å²) in [6.07, 6.45) is 0. The summed E-state index contributed by atoms with van der Waals surface area (Å²) >= 11 is 4.66. The average Bonchev–Trinajstić information content (AvgIpc) is 2.82. The molecule has 1 aromatic carbocycles. The van der Waals surface area contributed by atoms with Gasteiger partial charge >= 0.3 is 0 Å². The Bertz CT molecular complexity index is 789. The quantitative estimate of drug-likeness (QED) is 0.461. The third kappa shape index (κ3) is 3.79. The predicted octanol–water partition coefficient (Wildman–Crippen LogP) is 2.48. The number of halogens is 1. The molecule has 0 unspecified atom stereocenters. The first-order valence-corrected chi connectivity index (χ1v) is 8.71. The SMILES string of the molecule is Nc1ccc([N+](=O)[O-])cc1S(=O)(=O)NCc1cc(Br)cs1. The second kappa shape index (κ2) is 6.10. The van der Waals surface area contributed by atoms with E-state index < -0.39 is 14.9 Å². The van der Waals surface area contributed by atoms with E-state index in [4.69, 9.17) is 5.73 Å². The third-order valence-electron chi connectivity index (χ3n) is 2.56. The molecule has 0 saturated heterocycles. The van der Waals surface area contributed by atoms with Gasteiger partial charge in [-0.25, -0.2) is 13.1 Å². The molecular formula is C11H10BrN3O4S2. The van der Waals surface area contributed by atoms with Crippen LogP contribution in [0.2, 0.25) is 0 Å². The van der Waals surface area contributed by atoms with Crippen molar-refractivity contribution in [3.05, 3.63) is 49.1 Å². The van der Waals surface area contributed by atoms with Crippen LogP contribution in [0.4, 0.5) is 11.4 Å². The molecule has 7 nitrogen and oxygen atoms in total. The summed E-state index contributed by atoms with van der Waals surface area (Å²) in [5, 5.41) is 12.5. The molecule has 0 amide bonds. The van der Waals surface area contributed by atoms with Crippen LogP contribution in [0.25, 0.3) is 0 Å². The Labute approximate surface area is 133 Å². The average molecular weight is 392 g/mol. The number of hydrogen-bond acceptors (Lipinski definition) is 6. The second-order valence-electron chi connectivity index (χ2n) is 4.04. The summed E-state index contributed by atoms with van der Waals surface area (Å²) in [5.41, 5.74) is 5.23. The first-order chi connectivity index (χ1) is 9.79. The highest BCUT2D eigenvalue weighted by atomic mass is 79.9. The number of nitrogen functional groups attached to an aromatic ring is 1. The zero-order chi connectivity index (χ0) is 15.6. The largest absolute Gasteiger partial charge is 0.398 e. The number of thiophene rings is 1. The first-order valence-electron chi connectivity index (χ1n) is 5.56. The number of nitro groups is 1. The topological polar surface area (TPSA) is 115 Å². The lowest BCUT2D eigenvalue weighted by molar-refractivity contribution is -0.385. The highest BCUT2D eigenvalue weighted by Crippen LogP contribution is 2.25. The van der Waals surface area contributed by atoms with Crippen LogP contribution < -0.4 is 10.5 Å². The van der Waals surface area contributed by atoms with Gasteiger partial charge in [-0.3, -0.25) is 10.1 Å². The zero-order valence-corrected chi connectivity index (χ0v) is 13.7. The number of nitrogens with zero attached hydrogens (tertiary/aromatic N) is 1. The van der Waals surface area contributed by atoms with Crippen molar-refractivity contribution in [2.24, 2.45) is 0 Å². The highest BCUT2D eigenvalue weighted by molar-refractivity contribution is 9.10. The molecule has 0 atom stereocenters. The van der Waals surface area contributed by atoms with Crippen LogP contribution in [0.3, 0.4) is 0 Å². The lowest BCUT2D eigenvalue weighted by Gasteiger charge is -2.08. The van der Waals surface area contributed by atoms with E-state index in [0.29, 0.717) is 0 Å². The van der Waals surface area contributed by atoms with Crippen molar-refractivity contribution in [2.75, 3.05) is 5.73 Å². The van der Waals surface area contributed by atoms with Gasteiger partial charge in [-0.1, -0.05) is 0 Å². The van der Waals surface area contributed by atoms with Gasteiger partial charge in [-0.05, 0) is 28.1 Å². The van der Waals surface area contributed by atoms with Crippen LogP contribution in [-0.2, 0) is 16.6 Å². The fourth-order valence-electron chi connectivity index (χ4n) is 1.56. The van der Waals surface area contributed by atoms with Gasteiger partial charge in [0, 0.05) is 33.4 Å². The Morgan fingerprint density at radius 2 is 2.10 bits per heavy atom. The van der Waals surface area contributed by atoms with E-state index in [-0.39, 0.29) is 22.8 Å². The lowest BCUT2D eigenvalue weighted by Crippen LogP contribution is -2.23. The van der Waals surface area contributed by atoms with Gasteiger partial charge < -0.3 is 5.73 Å². The van der Waals surface area contributed by atoms with Crippen LogP contribution in [0, 0.1) is 10.1 Å². The molecule has 10 heteroatoms. The molecule has 112 valence electrons. The Balaban J connectivity index is 2.26. The molecule has 3 N–H and O–H groups in total. The Hall–Kier alpha value is -1.49. The lowest BCUT2D eigenvalue weighted by atomic mass is 10.3. The van der Waals surface area contributed by atoms with E-state index in [1.807, 2.05) is 5.38 Å². The number of nitrogens with one attached hydrogen (secondary N) is 1. The number of hydrogen-bond donors (Lipinski definition) is 2. The van der Waals surface area contributed by atoms with Crippen LogP contribution in [0.15, 0.2) is 39.0 Å². The molecule has 0 radical (unpaired) electrons. The number of anilines is 1. The fraction of sp³-hybridized carbons (Fsp3) is 0.0909. The Morgan fingerprint density at radius 1 is 1.38 bits per heavy atom. The minimum Gasteiger partial charge on any atom is -0.398 e. The summed E-state index contributed by atoms with van der Waals surface area (Å²) < 4.78 is 27.6. The van der Waals surface area contributed by atoms with E-state index >= 15 is 0 Å². The van der Waals surface area contributed by atoms with Gasteiger partial charge in [0.2, 0.25) is 10.0 Å². The molecule has 0 fully saturated rings. The number of nitro benzene ring substituents is 1. The van der Waals surface area contributed by atoms with Crippen molar-refractivity contribution in [1.29, 1.82) is 0 Å². The van der Waals surface area contributed by atoms with Gasteiger partial charge in [-0.15, -0.1) is 11.3 Å². The summed E-state index contributed by atoms with van der Waals surface area (Å²) in [4.78, 5) is 10.5. The molecule has 0 aliphatic carbocycles. The fourth-order valence-corrected chi connectivity index (χ4v) is 4.20. The molecule has 0 spiro atoms. The first kappa shape index (κ1) is 15.9. The summed E-state index contributed by atoms with van der Waals surface area (Å²) in [7, 11) is -3.92. The number of sulfonamides is 1. The molecule has 1 heterocycles. The maximum Gasteiger partial charge on any atom is 0.270 e. The van der Waals surface area contributed by atoms with E-state index in [9.17, 15) is 18.5 Å². The normalized spacial score (nSPS) is 11.5. The van der Waals surface area contributed by atoms with Gasteiger partial charge in [0.15, 0.2) is 0 Å². The Kier molecular flexibility index (Phi) is 4.61. The van der Waals surface area contributed by atoms with Crippen LogP contribution in [0.1, 0.15) is 4.88 Å². The zero-order valence-electron chi connectivity index (χ0n) is 10.4. The van der Waals surface area contributed by atoms with Gasteiger partial charge in [0.25, 0.3) is 5.69 Å². The molecule has 0 aliphatic rings. The van der Waals surface area contributed by atoms with Crippen molar-refractivity contribution >= 4 is 48.7 Å². The smallest absolute Gasteiger partial charge is 0.270 e. The number of rotatable bonds is 5. The minimum absolute atomic E-state index is 0.0412. The van der Waals surface area contributed by atoms with Gasteiger partial charge in [0.05, 0.1) is 10.6 Å². The predicted molar refractivity (Wildman–Crippen MR) is 83.6 cm³/mol. The van der Waals surface area contributed by atoms with Gasteiger partial charge in [0.1, 0.15) is 4.90 Å². The van der Waals surface area contributed by atoms with Crippen LogP contribution in [-0.4, -0.2) is 13.3 Å². The van der Waals surface area contributed by atoms with Crippen LogP contribution in [0.5, 0.6) is 0 Å². The number of non-ortho nitro benzene ring substituents is 1. The molecule has 0 bridgehead atoms. The van der Waals surface area contributed by atoms with Crippen LogP contribution >= 0.6 is 27.3 Å². The standard InChI is InChI=1S/C11H10BrN3O4S2/c12-7-3-9(20-6-7)5-14-21(18,19)11-4-8(15(16)17)1-2-10(11)13/h1-4,6,14H,5,13H2. The monoisotopic (exact) mass is 391 g/mol. The molecule has 0 saturated carbocycles. The Morgan fingerprint density at radius 3 is 2.67 bits per heavy atom. The van der Waals surface area contributed by atoms with E-state index in [0.717, 1.165) is 21.5 Å². The third-order valence-corrected chi connectivity index (χ3v) is 5.71. The maximum atomic E-state index is 12.2. The van der Waals surface area contributed by atoms with E-state index in [1.165, 1.54) is 17.4 Å². The molecule has 21 heavy (non-hydrogen) atoms. The van der Waals surface area contributed by atoms with Crippen molar-refractivity contribution < 1.29 is 13.3 Å². The summed E-state index contributed by atoms with van der Waals surface area (Å²) in [6, 6.07) is 5.09. The highest BCUT2D eigenvalue weighted by Gasteiger charge is 2.21. The van der Waals surface area contributed by atoms with Crippen molar-refractivity contribution in [3.8, 4) is 0 Å². The van der Waals surface area contributed by atoms with Crippen molar-refractivity contribution in [3.63, 3.8) is 0 Å². The molecule has 1 aromatic heterocycles. The minimum atomic E-state index is -3.92. The van der Waals surface area contributed by atoms with E-state index in [1.54, 1.807) is 6.07 Å². The number of nitrogens with two attached hydrogens (primary N) is 1. The second-order valence-corrected chi connectivity index (χ2v) is 7.68. The molecular weight excluding hydrogens is 382 g/mol. The molecule has 2 aromatic rings. The maximum absolute atomic E-state index is 12.2. The van der Waals surface area contributed by atoms with Crippen molar-refractivity contribution in [1.82, 2.24) is 4.72 Å². The summed E-state index contributed by atoms with van der Waals surface area (Å²) in [5.74, 6) is 0.